The molecule has 4 heteroatoms. The molecule has 0 saturated carbocycles. The van der Waals surface area contributed by atoms with Gasteiger partial charge in [0.2, 0.25) is 0 Å². The topological polar surface area (TPSA) is 37.9 Å². The van der Waals surface area contributed by atoms with Crippen LogP contribution in [-0.2, 0) is 6.61 Å². The third-order valence-corrected chi connectivity index (χ3v) is 3.00. The first-order valence-electron chi connectivity index (χ1n) is 6.28. The van der Waals surface area contributed by atoms with Gasteiger partial charge in [-0.2, -0.15) is 5.10 Å². The van der Waals surface area contributed by atoms with Gasteiger partial charge in [-0.05, 0) is 17.7 Å². The summed E-state index contributed by atoms with van der Waals surface area (Å²) in [5.41, 5.74) is 2.27. The molecule has 3 nitrogen and oxygen atoms in total. The molecule has 0 aliphatic rings. The summed E-state index contributed by atoms with van der Waals surface area (Å²) in [7, 11) is 0. The highest BCUT2D eigenvalue weighted by Crippen LogP contribution is 2.25. The maximum Gasteiger partial charge on any atom is 0.134 e. The number of nitrogens with one attached hydrogen (secondary N) is 1. The van der Waals surface area contributed by atoms with Crippen molar-refractivity contribution in [2.24, 2.45) is 0 Å². The zero-order valence-electron chi connectivity index (χ0n) is 10.7. The van der Waals surface area contributed by atoms with E-state index in [1.54, 1.807) is 24.5 Å². The number of nitrogens with zero attached hydrogens (tertiary/aromatic N) is 1. The van der Waals surface area contributed by atoms with Crippen molar-refractivity contribution in [1.29, 1.82) is 0 Å². The second kappa shape index (κ2) is 5.57. The molecule has 2 aromatic carbocycles. The first-order valence-corrected chi connectivity index (χ1v) is 6.28. The lowest BCUT2D eigenvalue weighted by Gasteiger charge is -2.08. The van der Waals surface area contributed by atoms with Crippen molar-refractivity contribution in [3.63, 3.8) is 0 Å². The lowest BCUT2D eigenvalue weighted by atomic mass is 10.1. The van der Waals surface area contributed by atoms with Gasteiger partial charge in [-0.3, -0.25) is 5.10 Å². The number of aromatic amines is 1. The molecule has 20 heavy (non-hydrogen) atoms. The third kappa shape index (κ3) is 2.69. The van der Waals surface area contributed by atoms with Crippen molar-refractivity contribution in [3.8, 4) is 16.9 Å². The first-order chi connectivity index (χ1) is 9.83. The quantitative estimate of drug-likeness (QED) is 0.781. The monoisotopic (exact) mass is 268 g/mol. The van der Waals surface area contributed by atoms with Crippen molar-refractivity contribution >= 4 is 0 Å². The van der Waals surface area contributed by atoms with Crippen molar-refractivity contribution in [1.82, 2.24) is 10.2 Å². The lowest BCUT2D eigenvalue weighted by molar-refractivity contribution is 0.304. The molecule has 0 saturated heterocycles. The molecule has 1 aromatic heterocycles. The summed E-state index contributed by atoms with van der Waals surface area (Å²) in [5.74, 6) is 0.190. The van der Waals surface area contributed by atoms with Crippen LogP contribution in [0.3, 0.4) is 0 Å². The Bertz CT molecular complexity index is 681. The highest BCUT2D eigenvalue weighted by molar-refractivity contribution is 5.63. The minimum absolute atomic E-state index is 0.322. The van der Waals surface area contributed by atoms with E-state index in [1.807, 2.05) is 30.3 Å². The Kier molecular flexibility index (Phi) is 3.46. The average molecular weight is 268 g/mol. The maximum absolute atomic E-state index is 14.0. The Balaban J connectivity index is 1.74. The molecule has 1 heterocycles. The molecular weight excluding hydrogens is 255 g/mol. The van der Waals surface area contributed by atoms with Gasteiger partial charge in [-0.15, -0.1) is 0 Å². The number of hydrogen-bond acceptors (Lipinski definition) is 2. The predicted molar refractivity (Wildman–Crippen MR) is 74.8 cm³/mol. The molecule has 0 atom stereocenters. The normalized spacial score (nSPS) is 10.4. The van der Waals surface area contributed by atoms with Gasteiger partial charge in [-0.25, -0.2) is 4.39 Å². The number of H-pyrrole nitrogens is 1. The largest absolute Gasteiger partial charge is 0.489 e. The van der Waals surface area contributed by atoms with Crippen LogP contribution < -0.4 is 4.74 Å². The molecule has 0 fully saturated rings. The van der Waals surface area contributed by atoms with Crippen LogP contribution in [0.4, 0.5) is 4.39 Å². The second-order valence-electron chi connectivity index (χ2n) is 4.40. The fourth-order valence-electron chi connectivity index (χ4n) is 1.96. The second-order valence-corrected chi connectivity index (χ2v) is 4.40. The summed E-state index contributed by atoms with van der Waals surface area (Å²) in [6.45, 7) is 0.422. The summed E-state index contributed by atoms with van der Waals surface area (Å²) in [5, 5.41) is 6.48. The zero-order valence-corrected chi connectivity index (χ0v) is 10.7. The molecule has 0 bridgehead atoms. The predicted octanol–water partition coefficient (Wildman–Crippen LogP) is 3.79. The van der Waals surface area contributed by atoms with Gasteiger partial charge in [0, 0.05) is 23.4 Å². The zero-order chi connectivity index (χ0) is 13.8. The van der Waals surface area contributed by atoms with Gasteiger partial charge < -0.3 is 4.74 Å². The highest BCUT2D eigenvalue weighted by Gasteiger charge is 2.07. The van der Waals surface area contributed by atoms with Crippen LogP contribution in [0.1, 0.15) is 5.56 Å². The summed E-state index contributed by atoms with van der Waals surface area (Å²) < 4.78 is 19.6. The summed E-state index contributed by atoms with van der Waals surface area (Å²) in [6, 6.07) is 14.6. The van der Waals surface area contributed by atoms with Gasteiger partial charge >= 0.3 is 0 Å². The molecule has 0 unspecified atom stereocenters. The van der Waals surface area contributed by atoms with E-state index in [0.29, 0.717) is 17.9 Å². The van der Waals surface area contributed by atoms with Crippen LogP contribution in [0.5, 0.6) is 5.75 Å². The third-order valence-electron chi connectivity index (χ3n) is 3.00. The van der Waals surface area contributed by atoms with E-state index in [2.05, 4.69) is 10.2 Å². The molecule has 0 amide bonds. The van der Waals surface area contributed by atoms with Crippen LogP contribution in [0.25, 0.3) is 11.1 Å². The van der Waals surface area contributed by atoms with Crippen LogP contribution >= 0.6 is 0 Å². The molecule has 0 radical (unpaired) electrons. The van der Waals surface area contributed by atoms with Crippen LogP contribution in [0.2, 0.25) is 0 Å². The van der Waals surface area contributed by atoms with E-state index < -0.39 is 0 Å². The molecule has 3 aromatic rings. The van der Waals surface area contributed by atoms with Crippen LogP contribution in [0.15, 0.2) is 60.9 Å². The first kappa shape index (κ1) is 12.4. The van der Waals surface area contributed by atoms with E-state index in [4.69, 9.17) is 4.74 Å². The van der Waals surface area contributed by atoms with E-state index in [-0.39, 0.29) is 5.82 Å². The van der Waals surface area contributed by atoms with Gasteiger partial charge in [0.15, 0.2) is 0 Å². The highest BCUT2D eigenvalue weighted by atomic mass is 19.1. The van der Waals surface area contributed by atoms with Crippen molar-refractivity contribution in [2.75, 3.05) is 0 Å². The van der Waals surface area contributed by atoms with Gasteiger partial charge in [0.05, 0.1) is 6.20 Å². The van der Waals surface area contributed by atoms with Crippen LogP contribution in [0, 0.1) is 5.82 Å². The molecule has 0 aliphatic carbocycles. The minimum Gasteiger partial charge on any atom is -0.489 e. The number of rotatable bonds is 4. The van der Waals surface area contributed by atoms with Crippen LogP contribution in [-0.4, -0.2) is 10.2 Å². The number of hydrogen-bond donors (Lipinski definition) is 1. The Morgan fingerprint density at radius 3 is 2.65 bits per heavy atom. The van der Waals surface area contributed by atoms with E-state index in [9.17, 15) is 4.39 Å². The Labute approximate surface area is 116 Å². The average Bonchev–Trinajstić information content (AvgIpc) is 3.00. The molecule has 0 spiro atoms. The fraction of sp³-hybridized carbons (Fsp3) is 0.0625. The SMILES string of the molecule is Fc1cc(OCc2ccccc2)ccc1-c1cn[nH]c1. The van der Waals surface area contributed by atoms with E-state index in [1.165, 1.54) is 6.07 Å². The lowest BCUT2D eigenvalue weighted by Crippen LogP contribution is -1.95. The number of benzene rings is 2. The summed E-state index contributed by atoms with van der Waals surface area (Å²) in [4.78, 5) is 0. The Morgan fingerprint density at radius 2 is 1.95 bits per heavy atom. The molecule has 0 aliphatic heterocycles. The summed E-state index contributed by atoms with van der Waals surface area (Å²) >= 11 is 0. The Hall–Kier alpha value is -2.62. The fourth-order valence-corrected chi connectivity index (χ4v) is 1.96. The molecule has 3 rings (SSSR count). The summed E-state index contributed by atoms with van der Waals surface area (Å²) in [6.07, 6.45) is 3.24. The number of aromatic nitrogens is 2. The number of ether oxygens (including phenoxy) is 1. The van der Waals surface area contributed by atoms with Crippen molar-refractivity contribution in [3.05, 3.63) is 72.3 Å². The van der Waals surface area contributed by atoms with E-state index in [0.717, 1.165) is 11.1 Å². The smallest absolute Gasteiger partial charge is 0.134 e. The number of halogens is 1. The van der Waals surface area contributed by atoms with Gasteiger partial charge in [-0.1, -0.05) is 30.3 Å². The Morgan fingerprint density at radius 1 is 1.10 bits per heavy atom. The molecule has 100 valence electrons. The van der Waals surface area contributed by atoms with Crippen molar-refractivity contribution < 1.29 is 9.13 Å². The maximum atomic E-state index is 14.0. The van der Waals surface area contributed by atoms with E-state index >= 15 is 0 Å². The minimum atomic E-state index is -0.322. The standard InChI is InChI=1S/C16H13FN2O/c17-16-8-14(20-11-12-4-2-1-3-5-12)6-7-15(16)13-9-18-19-10-13/h1-10H,11H2,(H,18,19). The van der Waals surface area contributed by atoms with Crippen molar-refractivity contribution in [2.45, 2.75) is 6.61 Å². The van der Waals surface area contributed by atoms with Gasteiger partial charge in [0.25, 0.3) is 0 Å². The van der Waals surface area contributed by atoms with Gasteiger partial charge in [0.1, 0.15) is 18.2 Å². The molecule has 1 N–H and O–H groups in total. The molecular formula is C16H13FN2O.